The molecule has 1 aromatic heterocycles. The number of para-hydroxylation sites is 2. The first-order valence-electron chi connectivity index (χ1n) is 12.4. The van der Waals surface area contributed by atoms with Crippen LogP contribution in [0.5, 0.6) is 0 Å². The summed E-state index contributed by atoms with van der Waals surface area (Å²) >= 11 is 0. The maximum atomic E-state index is 13.8. The highest BCUT2D eigenvalue weighted by Crippen LogP contribution is 2.31. The first-order chi connectivity index (χ1) is 16.1. The fraction of sp³-hybridized carbons (Fsp3) is 0.640. The fourth-order valence-corrected chi connectivity index (χ4v) is 5.51. The van der Waals surface area contributed by atoms with E-state index in [2.05, 4.69) is 15.2 Å². The van der Waals surface area contributed by atoms with Crippen LogP contribution in [0.15, 0.2) is 24.3 Å². The lowest BCUT2D eigenvalue weighted by Gasteiger charge is -2.45. The van der Waals surface area contributed by atoms with E-state index in [4.69, 9.17) is 4.74 Å². The number of benzene rings is 1. The van der Waals surface area contributed by atoms with Crippen molar-refractivity contribution in [1.82, 2.24) is 24.7 Å². The number of imidazole rings is 1. The van der Waals surface area contributed by atoms with Crippen LogP contribution in [0.4, 0.5) is 0 Å². The highest BCUT2D eigenvalue weighted by molar-refractivity contribution is 6.01. The minimum absolute atomic E-state index is 0.0480. The minimum Gasteiger partial charge on any atom is -0.379 e. The number of nitrogens with zero attached hydrogens (tertiary/aromatic N) is 4. The van der Waals surface area contributed by atoms with E-state index in [9.17, 15) is 9.59 Å². The average molecular weight is 454 g/mol. The molecule has 33 heavy (non-hydrogen) atoms. The summed E-state index contributed by atoms with van der Waals surface area (Å²) in [5.74, 6) is 0.218. The van der Waals surface area contributed by atoms with Gasteiger partial charge in [-0.1, -0.05) is 37.8 Å². The summed E-state index contributed by atoms with van der Waals surface area (Å²) in [4.78, 5) is 36.3. The van der Waals surface area contributed by atoms with E-state index in [1.807, 2.05) is 35.8 Å². The van der Waals surface area contributed by atoms with Gasteiger partial charge in [-0.15, -0.1) is 0 Å². The van der Waals surface area contributed by atoms with E-state index < -0.39 is 5.54 Å². The van der Waals surface area contributed by atoms with Gasteiger partial charge < -0.3 is 19.5 Å². The monoisotopic (exact) mass is 453 g/mol. The van der Waals surface area contributed by atoms with E-state index in [0.717, 1.165) is 56.4 Å². The van der Waals surface area contributed by atoms with Crippen LogP contribution >= 0.6 is 0 Å². The summed E-state index contributed by atoms with van der Waals surface area (Å²) in [5.41, 5.74) is 0.733. The van der Waals surface area contributed by atoms with Crippen LogP contribution in [0.3, 0.4) is 0 Å². The summed E-state index contributed by atoms with van der Waals surface area (Å²) in [7, 11) is 0. The molecule has 2 fully saturated rings. The topological polar surface area (TPSA) is 79.7 Å². The number of hydrogen-bond acceptors (Lipinski definition) is 5. The number of carbonyl (C=O) groups is 2. The highest BCUT2D eigenvalue weighted by Gasteiger charge is 2.48. The summed E-state index contributed by atoms with van der Waals surface area (Å²) < 4.78 is 7.41. The van der Waals surface area contributed by atoms with Gasteiger partial charge in [0.05, 0.1) is 30.8 Å². The van der Waals surface area contributed by atoms with Crippen LogP contribution in [0.2, 0.25) is 0 Å². The molecule has 1 N–H and O–H groups in total. The third kappa shape index (κ3) is 4.38. The molecule has 1 aliphatic carbocycles. The third-order valence-corrected chi connectivity index (χ3v) is 7.58. The maximum Gasteiger partial charge on any atom is 0.290 e. The molecule has 0 radical (unpaired) electrons. The van der Waals surface area contributed by atoms with E-state index in [-0.39, 0.29) is 17.9 Å². The molecule has 0 spiro atoms. The molecule has 3 aliphatic rings. The highest BCUT2D eigenvalue weighted by atomic mass is 16.5. The molecule has 178 valence electrons. The van der Waals surface area contributed by atoms with Crippen LogP contribution in [0.25, 0.3) is 11.0 Å². The quantitative estimate of drug-likeness (QED) is 0.704. The Kier molecular flexibility index (Phi) is 6.38. The first kappa shape index (κ1) is 22.3. The number of ether oxygens (including phenoxy) is 1. The zero-order valence-electron chi connectivity index (χ0n) is 19.6. The number of nitrogens with one attached hydrogen (secondary N) is 1. The third-order valence-electron chi connectivity index (χ3n) is 7.58. The number of morpholine rings is 1. The molecule has 8 nitrogen and oxygen atoms in total. The molecule has 1 saturated carbocycles. The van der Waals surface area contributed by atoms with Crippen molar-refractivity contribution in [3.8, 4) is 0 Å². The van der Waals surface area contributed by atoms with Gasteiger partial charge in [0.1, 0.15) is 5.54 Å². The van der Waals surface area contributed by atoms with E-state index in [0.29, 0.717) is 32.1 Å². The van der Waals surface area contributed by atoms with Crippen molar-refractivity contribution in [2.24, 2.45) is 0 Å². The van der Waals surface area contributed by atoms with Crippen molar-refractivity contribution in [2.75, 3.05) is 39.4 Å². The van der Waals surface area contributed by atoms with Gasteiger partial charge in [0, 0.05) is 32.2 Å². The molecule has 1 aromatic carbocycles. The molecule has 8 heteroatoms. The Morgan fingerprint density at radius 3 is 2.61 bits per heavy atom. The predicted octanol–water partition coefficient (Wildman–Crippen LogP) is 2.42. The largest absolute Gasteiger partial charge is 0.379 e. The van der Waals surface area contributed by atoms with E-state index in [1.54, 1.807) is 4.90 Å². The van der Waals surface area contributed by atoms with Gasteiger partial charge in [0.2, 0.25) is 5.91 Å². The number of hydrogen-bond donors (Lipinski definition) is 1. The second-order valence-corrected chi connectivity index (χ2v) is 9.86. The zero-order valence-corrected chi connectivity index (χ0v) is 19.6. The summed E-state index contributed by atoms with van der Waals surface area (Å²) in [5, 5.41) is 3.33. The van der Waals surface area contributed by atoms with Crippen LogP contribution in [0.1, 0.15) is 56.1 Å². The molecular formula is C25H35N5O3. The second kappa shape index (κ2) is 9.43. The van der Waals surface area contributed by atoms with Crippen LogP contribution in [-0.2, 0) is 16.1 Å². The Hall–Kier alpha value is -2.45. The van der Waals surface area contributed by atoms with Gasteiger partial charge in [0.25, 0.3) is 5.91 Å². The molecule has 1 saturated heterocycles. The van der Waals surface area contributed by atoms with Crippen molar-refractivity contribution in [1.29, 1.82) is 0 Å². The van der Waals surface area contributed by atoms with Crippen molar-refractivity contribution in [2.45, 2.75) is 63.6 Å². The molecular weight excluding hydrogens is 418 g/mol. The van der Waals surface area contributed by atoms with Crippen molar-refractivity contribution in [3.63, 3.8) is 0 Å². The summed E-state index contributed by atoms with van der Waals surface area (Å²) in [6.07, 6.45) is 6.80. The number of rotatable bonds is 5. The molecule has 2 amide bonds. The zero-order chi connectivity index (χ0) is 22.8. The Morgan fingerprint density at radius 1 is 1.12 bits per heavy atom. The van der Waals surface area contributed by atoms with Crippen LogP contribution in [0, 0.1) is 0 Å². The number of carbonyl (C=O) groups excluding carboxylic acids is 2. The molecule has 5 rings (SSSR count). The lowest BCUT2D eigenvalue weighted by molar-refractivity contribution is -0.133. The van der Waals surface area contributed by atoms with Gasteiger partial charge in [0.15, 0.2) is 5.82 Å². The standard InChI is InChI=1S/C25H35N5O3/c1-25(24(32)26-19-8-4-2-3-5-9-19)18-29-21-11-7-6-10-20(21)27-22(29)23(31)30(25)13-12-28-14-16-33-17-15-28/h6-7,10-11,19H,2-5,8-9,12-18H2,1H3,(H,26,32)/t25-/m0/s1. The molecule has 0 bridgehead atoms. The lowest BCUT2D eigenvalue weighted by Crippen LogP contribution is -2.66. The fourth-order valence-electron chi connectivity index (χ4n) is 5.51. The molecule has 2 aliphatic heterocycles. The Balaban J connectivity index is 1.44. The minimum atomic E-state index is -0.966. The van der Waals surface area contributed by atoms with E-state index in [1.165, 1.54) is 12.8 Å². The predicted molar refractivity (Wildman–Crippen MR) is 126 cm³/mol. The molecule has 2 aromatic rings. The smallest absolute Gasteiger partial charge is 0.290 e. The normalized spacial score (nSPS) is 25.1. The first-order valence-corrected chi connectivity index (χ1v) is 12.4. The SMILES string of the molecule is C[C@@]1(C(=O)NC2CCCCCC2)Cn2c(nc3ccccc32)C(=O)N1CCN1CCOCC1. The number of aromatic nitrogens is 2. The Bertz CT molecular complexity index is 1010. The maximum absolute atomic E-state index is 13.8. The number of fused-ring (bicyclic) bond motifs is 3. The summed E-state index contributed by atoms with van der Waals surface area (Å²) in [6.45, 7) is 6.69. The van der Waals surface area contributed by atoms with Crippen LogP contribution < -0.4 is 5.32 Å². The molecule has 3 heterocycles. The number of amides is 2. The van der Waals surface area contributed by atoms with Crippen molar-refractivity contribution >= 4 is 22.8 Å². The lowest BCUT2D eigenvalue weighted by atomic mass is 9.94. The van der Waals surface area contributed by atoms with Crippen molar-refractivity contribution in [3.05, 3.63) is 30.1 Å². The Morgan fingerprint density at radius 2 is 1.85 bits per heavy atom. The summed E-state index contributed by atoms with van der Waals surface area (Å²) in [6, 6.07) is 7.98. The van der Waals surface area contributed by atoms with Gasteiger partial charge in [-0.05, 0) is 31.9 Å². The second-order valence-electron chi connectivity index (χ2n) is 9.86. The van der Waals surface area contributed by atoms with Crippen LogP contribution in [-0.4, -0.2) is 82.1 Å². The van der Waals surface area contributed by atoms with Gasteiger partial charge in [-0.25, -0.2) is 4.98 Å². The van der Waals surface area contributed by atoms with Gasteiger partial charge in [-0.2, -0.15) is 0 Å². The van der Waals surface area contributed by atoms with Gasteiger partial charge >= 0.3 is 0 Å². The molecule has 1 atom stereocenters. The van der Waals surface area contributed by atoms with Gasteiger partial charge in [-0.3, -0.25) is 14.5 Å². The Labute approximate surface area is 195 Å². The van der Waals surface area contributed by atoms with Crippen molar-refractivity contribution < 1.29 is 14.3 Å². The molecule has 0 unspecified atom stereocenters. The van der Waals surface area contributed by atoms with E-state index >= 15 is 0 Å². The average Bonchev–Trinajstić information content (AvgIpc) is 3.00.